The minimum absolute atomic E-state index is 0.0497. The van der Waals surface area contributed by atoms with Crippen molar-refractivity contribution in [1.29, 1.82) is 0 Å². The first-order valence-corrected chi connectivity index (χ1v) is 8.03. The standard InChI is InChI=1S/C17H22N2O5/c1-2-24-16(22)7-6-15(21)18-8-10-19(11-9-18)17(23)13-4-3-5-14(20)12-13/h3-5,12,20H,2,6-11H2,1H3. The van der Waals surface area contributed by atoms with Crippen molar-refractivity contribution in [1.82, 2.24) is 9.80 Å². The normalized spacial score (nSPS) is 14.4. The molecule has 130 valence electrons. The Morgan fingerprint density at radius 1 is 1.08 bits per heavy atom. The van der Waals surface area contributed by atoms with Gasteiger partial charge in [0.25, 0.3) is 5.91 Å². The zero-order valence-electron chi connectivity index (χ0n) is 13.7. The minimum Gasteiger partial charge on any atom is -0.508 e. The molecule has 1 N–H and O–H groups in total. The van der Waals surface area contributed by atoms with Gasteiger partial charge in [0.05, 0.1) is 13.0 Å². The van der Waals surface area contributed by atoms with Crippen LogP contribution in [0, 0.1) is 0 Å². The fourth-order valence-electron chi connectivity index (χ4n) is 2.58. The highest BCUT2D eigenvalue weighted by molar-refractivity contribution is 5.94. The van der Waals surface area contributed by atoms with Crippen LogP contribution in [0.25, 0.3) is 0 Å². The Morgan fingerprint density at radius 2 is 1.75 bits per heavy atom. The Balaban J connectivity index is 1.81. The van der Waals surface area contributed by atoms with Gasteiger partial charge in [0, 0.05) is 38.2 Å². The zero-order chi connectivity index (χ0) is 17.5. The third kappa shape index (κ3) is 4.71. The van der Waals surface area contributed by atoms with E-state index in [-0.39, 0.29) is 36.4 Å². The van der Waals surface area contributed by atoms with E-state index < -0.39 is 0 Å². The third-order valence-corrected chi connectivity index (χ3v) is 3.86. The molecule has 0 spiro atoms. The molecule has 1 aliphatic heterocycles. The van der Waals surface area contributed by atoms with Crippen molar-refractivity contribution >= 4 is 17.8 Å². The van der Waals surface area contributed by atoms with Crippen LogP contribution in [-0.2, 0) is 14.3 Å². The molecule has 1 saturated heterocycles. The first kappa shape index (κ1) is 17.8. The molecule has 24 heavy (non-hydrogen) atoms. The highest BCUT2D eigenvalue weighted by Crippen LogP contribution is 2.15. The van der Waals surface area contributed by atoms with E-state index in [1.54, 1.807) is 28.9 Å². The number of phenols is 1. The van der Waals surface area contributed by atoms with Crippen molar-refractivity contribution in [3.05, 3.63) is 29.8 Å². The molecule has 0 saturated carbocycles. The van der Waals surface area contributed by atoms with Gasteiger partial charge in [-0.1, -0.05) is 6.07 Å². The number of esters is 1. The maximum Gasteiger partial charge on any atom is 0.306 e. The molecule has 2 rings (SSSR count). The molecule has 0 aromatic heterocycles. The summed E-state index contributed by atoms with van der Waals surface area (Å²) in [5.41, 5.74) is 0.428. The molecule has 0 bridgehead atoms. The van der Waals surface area contributed by atoms with Crippen LogP contribution in [0.1, 0.15) is 30.1 Å². The number of ether oxygens (including phenoxy) is 1. The van der Waals surface area contributed by atoms with E-state index in [4.69, 9.17) is 4.74 Å². The number of rotatable bonds is 5. The molecule has 0 unspecified atom stereocenters. The van der Waals surface area contributed by atoms with Crippen molar-refractivity contribution in [3.63, 3.8) is 0 Å². The van der Waals surface area contributed by atoms with Gasteiger partial charge in [0.15, 0.2) is 0 Å². The van der Waals surface area contributed by atoms with Gasteiger partial charge in [-0.2, -0.15) is 0 Å². The SMILES string of the molecule is CCOC(=O)CCC(=O)N1CCN(C(=O)c2cccc(O)c2)CC1. The number of nitrogens with zero attached hydrogens (tertiary/aromatic N) is 2. The third-order valence-electron chi connectivity index (χ3n) is 3.86. The number of benzene rings is 1. The van der Waals surface area contributed by atoms with Crippen LogP contribution < -0.4 is 0 Å². The smallest absolute Gasteiger partial charge is 0.306 e. The van der Waals surface area contributed by atoms with Crippen molar-refractivity contribution in [2.45, 2.75) is 19.8 Å². The van der Waals surface area contributed by atoms with E-state index in [1.807, 2.05) is 0 Å². The molecule has 0 radical (unpaired) electrons. The lowest BCUT2D eigenvalue weighted by atomic mass is 10.1. The first-order chi connectivity index (χ1) is 11.5. The summed E-state index contributed by atoms with van der Waals surface area (Å²) in [6.45, 7) is 3.77. The maximum atomic E-state index is 12.4. The fourth-order valence-corrected chi connectivity index (χ4v) is 2.58. The van der Waals surface area contributed by atoms with E-state index in [9.17, 15) is 19.5 Å². The largest absolute Gasteiger partial charge is 0.508 e. The van der Waals surface area contributed by atoms with Gasteiger partial charge in [-0.15, -0.1) is 0 Å². The molecule has 1 aromatic rings. The summed E-state index contributed by atoms with van der Waals surface area (Å²) < 4.78 is 4.80. The second kappa shape index (κ2) is 8.33. The summed E-state index contributed by atoms with van der Waals surface area (Å²) in [7, 11) is 0. The number of carbonyl (C=O) groups excluding carboxylic acids is 3. The summed E-state index contributed by atoms with van der Waals surface area (Å²) in [4.78, 5) is 39.0. The lowest BCUT2D eigenvalue weighted by molar-refractivity contribution is -0.146. The fraction of sp³-hybridized carbons (Fsp3) is 0.471. The topological polar surface area (TPSA) is 87.2 Å². The van der Waals surface area contributed by atoms with Gasteiger partial charge in [-0.3, -0.25) is 14.4 Å². The Hall–Kier alpha value is -2.57. The Morgan fingerprint density at radius 3 is 2.38 bits per heavy atom. The number of hydrogen-bond acceptors (Lipinski definition) is 5. The summed E-state index contributed by atoms with van der Waals surface area (Å²) in [5.74, 6) is -0.589. The summed E-state index contributed by atoms with van der Waals surface area (Å²) in [6, 6.07) is 6.22. The molecule has 1 heterocycles. The molecule has 2 amide bonds. The monoisotopic (exact) mass is 334 g/mol. The number of phenolic OH excluding ortho intramolecular Hbond substituents is 1. The van der Waals surface area contributed by atoms with Gasteiger partial charge >= 0.3 is 5.97 Å². The van der Waals surface area contributed by atoms with Crippen LogP contribution >= 0.6 is 0 Å². The summed E-state index contributed by atoms with van der Waals surface area (Å²) >= 11 is 0. The number of carbonyl (C=O) groups is 3. The van der Waals surface area contributed by atoms with Crippen LogP contribution in [-0.4, -0.2) is 65.5 Å². The van der Waals surface area contributed by atoms with E-state index in [1.165, 1.54) is 12.1 Å². The molecular formula is C17H22N2O5. The summed E-state index contributed by atoms with van der Waals surface area (Å²) in [5, 5.41) is 9.46. The van der Waals surface area contributed by atoms with Crippen LogP contribution in [0.3, 0.4) is 0 Å². The van der Waals surface area contributed by atoms with Gasteiger partial charge < -0.3 is 19.6 Å². The lowest BCUT2D eigenvalue weighted by Gasteiger charge is -2.34. The van der Waals surface area contributed by atoms with E-state index >= 15 is 0 Å². The number of amides is 2. The zero-order valence-corrected chi connectivity index (χ0v) is 13.7. The lowest BCUT2D eigenvalue weighted by Crippen LogP contribution is -2.50. The van der Waals surface area contributed by atoms with Gasteiger partial charge in [-0.05, 0) is 25.1 Å². The average molecular weight is 334 g/mol. The second-order valence-electron chi connectivity index (χ2n) is 5.53. The highest BCUT2D eigenvalue weighted by atomic mass is 16.5. The van der Waals surface area contributed by atoms with E-state index in [0.717, 1.165) is 0 Å². The number of aromatic hydroxyl groups is 1. The molecule has 1 aliphatic rings. The number of piperazine rings is 1. The average Bonchev–Trinajstić information content (AvgIpc) is 2.59. The van der Waals surface area contributed by atoms with Crippen molar-refractivity contribution in [3.8, 4) is 5.75 Å². The van der Waals surface area contributed by atoms with Crippen molar-refractivity contribution in [2.24, 2.45) is 0 Å². The van der Waals surface area contributed by atoms with Crippen LogP contribution in [0.15, 0.2) is 24.3 Å². The molecule has 1 fully saturated rings. The van der Waals surface area contributed by atoms with Crippen LogP contribution in [0.2, 0.25) is 0 Å². The molecular weight excluding hydrogens is 312 g/mol. The summed E-state index contributed by atoms with van der Waals surface area (Å²) in [6.07, 6.45) is 0.203. The Labute approximate surface area is 140 Å². The Kier molecular flexibility index (Phi) is 6.17. The van der Waals surface area contributed by atoms with Crippen LogP contribution in [0.5, 0.6) is 5.75 Å². The molecule has 0 atom stereocenters. The van der Waals surface area contributed by atoms with E-state index in [2.05, 4.69) is 0 Å². The first-order valence-electron chi connectivity index (χ1n) is 8.03. The molecule has 7 heteroatoms. The van der Waals surface area contributed by atoms with Gasteiger partial charge in [-0.25, -0.2) is 0 Å². The van der Waals surface area contributed by atoms with Crippen molar-refractivity contribution < 1.29 is 24.2 Å². The quantitative estimate of drug-likeness (QED) is 0.813. The number of hydrogen-bond donors (Lipinski definition) is 1. The predicted octanol–water partition coefficient (Wildman–Crippen LogP) is 1.02. The Bertz CT molecular complexity index is 609. The van der Waals surface area contributed by atoms with Gasteiger partial charge in [0.2, 0.25) is 5.91 Å². The molecule has 7 nitrogen and oxygen atoms in total. The van der Waals surface area contributed by atoms with Crippen LogP contribution in [0.4, 0.5) is 0 Å². The minimum atomic E-state index is -0.372. The highest BCUT2D eigenvalue weighted by Gasteiger charge is 2.25. The predicted molar refractivity (Wildman–Crippen MR) is 86.5 cm³/mol. The van der Waals surface area contributed by atoms with Crippen molar-refractivity contribution in [2.75, 3.05) is 32.8 Å². The maximum absolute atomic E-state index is 12.4. The van der Waals surface area contributed by atoms with Gasteiger partial charge in [0.1, 0.15) is 5.75 Å². The molecule has 0 aliphatic carbocycles. The second-order valence-corrected chi connectivity index (χ2v) is 5.53. The molecule has 1 aromatic carbocycles. The van der Waals surface area contributed by atoms with E-state index in [0.29, 0.717) is 38.3 Å².